The van der Waals surface area contributed by atoms with Gasteiger partial charge in [0.15, 0.2) is 0 Å². The first-order chi connectivity index (χ1) is 11.1. The summed E-state index contributed by atoms with van der Waals surface area (Å²) in [7, 11) is 1.82. The zero-order valence-electron chi connectivity index (χ0n) is 13.7. The van der Waals surface area contributed by atoms with E-state index in [0.717, 1.165) is 31.7 Å². The lowest BCUT2D eigenvalue weighted by atomic mass is 9.98. The normalized spacial score (nSPS) is 18.0. The third-order valence-corrected chi connectivity index (χ3v) is 4.26. The van der Waals surface area contributed by atoms with Gasteiger partial charge in [0.25, 0.3) is 5.91 Å². The van der Waals surface area contributed by atoms with Crippen LogP contribution < -0.4 is 4.74 Å². The van der Waals surface area contributed by atoms with Crippen molar-refractivity contribution in [2.75, 3.05) is 19.7 Å². The second-order valence-electron chi connectivity index (χ2n) is 6.29. The Balaban J connectivity index is 1.55. The Morgan fingerprint density at radius 2 is 2.13 bits per heavy atom. The van der Waals surface area contributed by atoms with E-state index < -0.39 is 0 Å². The van der Waals surface area contributed by atoms with Gasteiger partial charge in [-0.25, -0.2) is 0 Å². The zero-order chi connectivity index (χ0) is 16.2. The first kappa shape index (κ1) is 15.6. The first-order valence-electron chi connectivity index (χ1n) is 8.09. The monoisotopic (exact) mass is 313 g/mol. The third-order valence-electron chi connectivity index (χ3n) is 4.26. The van der Waals surface area contributed by atoms with E-state index in [0.29, 0.717) is 18.1 Å². The topological polar surface area (TPSA) is 47.4 Å². The molecule has 1 aromatic heterocycles. The summed E-state index contributed by atoms with van der Waals surface area (Å²) in [4.78, 5) is 14.4. The molecular weight excluding hydrogens is 290 g/mol. The molecule has 1 aliphatic rings. The van der Waals surface area contributed by atoms with Crippen LogP contribution in [0, 0.1) is 12.8 Å². The van der Waals surface area contributed by atoms with Crippen molar-refractivity contribution in [1.29, 1.82) is 0 Å². The number of rotatable bonds is 4. The van der Waals surface area contributed by atoms with Crippen molar-refractivity contribution in [1.82, 2.24) is 14.7 Å². The van der Waals surface area contributed by atoms with Crippen LogP contribution in [0.3, 0.4) is 0 Å². The number of ether oxygens (including phenoxy) is 1. The van der Waals surface area contributed by atoms with Gasteiger partial charge in [0.1, 0.15) is 5.75 Å². The third kappa shape index (κ3) is 3.92. The maximum absolute atomic E-state index is 12.5. The lowest BCUT2D eigenvalue weighted by Crippen LogP contribution is -2.41. The molecule has 23 heavy (non-hydrogen) atoms. The van der Waals surface area contributed by atoms with Gasteiger partial charge in [0, 0.05) is 32.3 Å². The summed E-state index contributed by atoms with van der Waals surface area (Å²) in [5.41, 5.74) is 1.89. The van der Waals surface area contributed by atoms with Gasteiger partial charge in [-0.1, -0.05) is 17.7 Å². The Labute approximate surface area is 136 Å². The van der Waals surface area contributed by atoms with E-state index >= 15 is 0 Å². The van der Waals surface area contributed by atoms with Gasteiger partial charge in [0.2, 0.25) is 0 Å². The molecule has 3 rings (SSSR count). The fourth-order valence-corrected chi connectivity index (χ4v) is 2.95. The van der Waals surface area contributed by atoms with Gasteiger partial charge in [-0.3, -0.25) is 9.48 Å². The minimum absolute atomic E-state index is 0.0677. The fraction of sp³-hybridized carbons (Fsp3) is 0.444. The number of likely N-dealkylation sites (tertiary alicyclic amines) is 1. The van der Waals surface area contributed by atoms with Gasteiger partial charge in [0.05, 0.1) is 18.4 Å². The van der Waals surface area contributed by atoms with E-state index in [1.54, 1.807) is 17.1 Å². The van der Waals surface area contributed by atoms with Crippen LogP contribution in [-0.2, 0) is 7.05 Å². The molecule has 2 heterocycles. The Morgan fingerprint density at radius 3 is 2.83 bits per heavy atom. The molecule has 1 saturated heterocycles. The zero-order valence-corrected chi connectivity index (χ0v) is 13.7. The van der Waals surface area contributed by atoms with E-state index in [9.17, 15) is 4.79 Å². The second-order valence-corrected chi connectivity index (χ2v) is 6.29. The Bertz CT molecular complexity index is 663. The van der Waals surface area contributed by atoms with E-state index in [2.05, 4.69) is 24.2 Å². The van der Waals surface area contributed by atoms with Crippen molar-refractivity contribution in [3.63, 3.8) is 0 Å². The molecule has 1 unspecified atom stereocenters. The smallest absolute Gasteiger partial charge is 0.257 e. The average molecular weight is 313 g/mol. The Hall–Kier alpha value is -2.30. The minimum atomic E-state index is 0.0677. The summed E-state index contributed by atoms with van der Waals surface area (Å²) in [5.74, 6) is 1.34. The maximum atomic E-state index is 12.5. The summed E-state index contributed by atoms with van der Waals surface area (Å²) in [5, 5.41) is 4.08. The van der Waals surface area contributed by atoms with Crippen molar-refractivity contribution in [3.05, 3.63) is 47.8 Å². The molecule has 0 bridgehead atoms. The molecule has 0 saturated carbocycles. The van der Waals surface area contributed by atoms with Crippen molar-refractivity contribution < 1.29 is 9.53 Å². The van der Waals surface area contributed by atoms with E-state index in [4.69, 9.17) is 4.74 Å². The molecule has 5 nitrogen and oxygen atoms in total. The van der Waals surface area contributed by atoms with Gasteiger partial charge in [-0.2, -0.15) is 5.10 Å². The molecule has 0 spiro atoms. The molecule has 0 radical (unpaired) electrons. The lowest BCUT2D eigenvalue weighted by molar-refractivity contribution is 0.0633. The van der Waals surface area contributed by atoms with Crippen LogP contribution >= 0.6 is 0 Å². The molecule has 0 aliphatic carbocycles. The summed E-state index contributed by atoms with van der Waals surface area (Å²) in [6, 6.07) is 8.09. The predicted octanol–water partition coefficient (Wildman–Crippen LogP) is 2.66. The van der Waals surface area contributed by atoms with Gasteiger partial charge < -0.3 is 9.64 Å². The first-order valence-corrected chi connectivity index (χ1v) is 8.09. The standard InChI is InChI=1S/C18H23N3O2/c1-14-5-7-17(8-6-14)23-13-15-4-3-9-21(11-15)18(22)16-10-19-20(2)12-16/h5-8,10,12,15H,3-4,9,11,13H2,1-2H3. The average Bonchev–Trinajstić information content (AvgIpc) is 3.00. The molecule has 5 heteroatoms. The number of carbonyl (C=O) groups is 1. The van der Waals surface area contributed by atoms with Crippen molar-refractivity contribution in [2.24, 2.45) is 13.0 Å². The Kier molecular flexibility index (Phi) is 4.65. The van der Waals surface area contributed by atoms with Crippen LogP contribution in [0.5, 0.6) is 5.75 Å². The number of aromatic nitrogens is 2. The predicted molar refractivity (Wildman–Crippen MR) is 88.5 cm³/mol. The van der Waals surface area contributed by atoms with Gasteiger partial charge in [-0.05, 0) is 31.9 Å². The number of hydrogen-bond acceptors (Lipinski definition) is 3. The minimum Gasteiger partial charge on any atom is -0.493 e. The van der Waals surface area contributed by atoms with Crippen molar-refractivity contribution in [3.8, 4) is 5.75 Å². The highest BCUT2D eigenvalue weighted by atomic mass is 16.5. The highest BCUT2D eigenvalue weighted by Gasteiger charge is 2.25. The number of hydrogen-bond donors (Lipinski definition) is 0. The highest BCUT2D eigenvalue weighted by molar-refractivity contribution is 5.93. The van der Waals surface area contributed by atoms with Crippen LogP contribution in [-0.4, -0.2) is 40.3 Å². The number of carbonyl (C=O) groups excluding carboxylic acids is 1. The molecule has 2 aromatic rings. The second kappa shape index (κ2) is 6.86. The molecule has 122 valence electrons. The van der Waals surface area contributed by atoms with E-state index in [1.165, 1.54) is 5.56 Å². The Morgan fingerprint density at radius 1 is 1.35 bits per heavy atom. The van der Waals surface area contributed by atoms with Crippen molar-refractivity contribution >= 4 is 5.91 Å². The van der Waals surface area contributed by atoms with Gasteiger partial charge in [-0.15, -0.1) is 0 Å². The van der Waals surface area contributed by atoms with Crippen LogP contribution in [0.4, 0.5) is 0 Å². The van der Waals surface area contributed by atoms with Crippen molar-refractivity contribution in [2.45, 2.75) is 19.8 Å². The molecule has 1 atom stereocenters. The SMILES string of the molecule is Cc1ccc(OCC2CCCN(C(=O)c3cnn(C)c3)C2)cc1. The molecular formula is C18H23N3O2. The summed E-state index contributed by atoms with van der Waals surface area (Å²) in [6.07, 6.45) is 5.53. The van der Waals surface area contributed by atoms with Crippen LogP contribution in [0.25, 0.3) is 0 Å². The largest absolute Gasteiger partial charge is 0.493 e. The summed E-state index contributed by atoms with van der Waals surface area (Å²) < 4.78 is 7.55. The summed E-state index contributed by atoms with van der Waals surface area (Å²) in [6.45, 7) is 4.28. The molecule has 0 N–H and O–H groups in total. The van der Waals surface area contributed by atoms with Crippen LogP contribution in [0.1, 0.15) is 28.8 Å². The molecule has 1 aromatic carbocycles. The molecule has 1 amide bonds. The number of benzene rings is 1. The number of amides is 1. The van der Waals surface area contributed by atoms with E-state index in [-0.39, 0.29) is 5.91 Å². The van der Waals surface area contributed by atoms with Crippen LogP contribution in [0.2, 0.25) is 0 Å². The number of nitrogens with zero attached hydrogens (tertiary/aromatic N) is 3. The fourth-order valence-electron chi connectivity index (χ4n) is 2.95. The quantitative estimate of drug-likeness (QED) is 0.872. The molecule has 1 fully saturated rings. The highest BCUT2D eigenvalue weighted by Crippen LogP contribution is 2.20. The van der Waals surface area contributed by atoms with Gasteiger partial charge >= 0.3 is 0 Å². The number of piperidine rings is 1. The van der Waals surface area contributed by atoms with E-state index in [1.807, 2.05) is 24.1 Å². The maximum Gasteiger partial charge on any atom is 0.257 e. The lowest BCUT2D eigenvalue weighted by Gasteiger charge is -2.32. The summed E-state index contributed by atoms with van der Waals surface area (Å²) >= 11 is 0. The van der Waals surface area contributed by atoms with Crippen LogP contribution in [0.15, 0.2) is 36.7 Å². The number of aryl methyl sites for hydroxylation is 2. The molecule has 1 aliphatic heterocycles.